The lowest BCUT2D eigenvalue weighted by molar-refractivity contribution is -0.107. The van der Waals surface area contributed by atoms with E-state index in [1.807, 2.05) is 24.3 Å². The smallest absolute Gasteiger partial charge is 0.410 e. The van der Waals surface area contributed by atoms with Gasteiger partial charge in [-0.15, -0.1) is 13.2 Å². The van der Waals surface area contributed by atoms with Gasteiger partial charge in [-0.05, 0) is 11.6 Å². The van der Waals surface area contributed by atoms with Crippen molar-refractivity contribution in [2.75, 3.05) is 26.9 Å². The number of carbonyl (C=O) groups is 1. The normalized spacial score (nSPS) is 23.1. The number of rotatable bonds is 7. The highest BCUT2D eigenvalue weighted by molar-refractivity contribution is 9.10. The van der Waals surface area contributed by atoms with Gasteiger partial charge < -0.3 is 14.2 Å². The van der Waals surface area contributed by atoms with Gasteiger partial charge in [-0.3, -0.25) is 4.90 Å². The van der Waals surface area contributed by atoms with Gasteiger partial charge >= 0.3 is 6.09 Å². The fourth-order valence-corrected chi connectivity index (χ4v) is 3.56. The summed E-state index contributed by atoms with van der Waals surface area (Å²) in [5.41, 5.74) is 1.02. The number of amides is 1. The largest absolute Gasteiger partial charge is 0.453 e. The maximum absolute atomic E-state index is 12.4. The van der Waals surface area contributed by atoms with Crippen molar-refractivity contribution in [1.29, 1.82) is 0 Å². The quantitative estimate of drug-likeness (QED) is 0.635. The summed E-state index contributed by atoms with van der Waals surface area (Å²) in [7, 11) is 1.39. The Labute approximate surface area is 157 Å². The molecule has 136 valence electrons. The van der Waals surface area contributed by atoms with Gasteiger partial charge in [-0.25, -0.2) is 4.79 Å². The predicted molar refractivity (Wildman–Crippen MR) is 100 cm³/mol. The highest BCUT2D eigenvalue weighted by Crippen LogP contribution is 2.37. The summed E-state index contributed by atoms with van der Waals surface area (Å²) in [6, 6.07) is 7.70. The molecule has 1 aromatic rings. The van der Waals surface area contributed by atoms with Crippen LogP contribution in [0.2, 0.25) is 0 Å². The first kappa shape index (κ1) is 19.7. The SMILES string of the molecule is C=CCO[C@H]1CN(C(=O)OC)[C@@H](c2ccccc2Br)C[C@H]1OCC=C. The Hall–Kier alpha value is -1.63. The van der Waals surface area contributed by atoms with Crippen molar-refractivity contribution in [1.82, 2.24) is 4.90 Å². The molecule has 0 aromatic heterocycles. The van der Waals surface area contributed by atoms with Crippen molar-refractivity contribution in [3.63, 3.8) is 0 Å². The van der Waals surface area contributed by atoms with Crippen molar-refractivity contribution in [2.45, 2.75) is 24.7 Å². The van der Waals surface area contributed by atoms with E-state index in [2.05, 4.69) is 29.1 Å². The Morgan fingerprint density at radius 2 is 1.88 bits per heavy atom. The average Bonchev–Trinajstić information content (AvgIpc) is 2.64. The number of methoxy groups -OCH3 is 1. The minimum Gasteiger partial charge on any atom is -0.453 e. The van der Waals surface area contributed by atoms with E-state index in [-0.39, 0.29) is 24.3 Å². The fraction of sp³-hybridized carbons (Fsp3) is 0.421. The van der Waals surface area contributed by atoms with Gasteiger partial charge in [0.2, 0.25) is 0 Å². The van der Waals surface area contributed by atoms with Crippen molar-refractivity contribution in [2.24, 2.45) is 0 Å². The number of ether oxygens (including phenoxy) is 3. The number of nitrogens with zero attached hydrogens (tertiary/aromatic N) is 1. The molecule has 0 N–H and O–H groups in total. The molecule has 0 unspecified atom stereocenters. The summed E-state index contributed by atoms with van der Waals surface area (Å²) in [4.78, 5) is 14.1. The van der Waals surface area contributed by atoms with E-state index in [0.717, 1.165) is 10.0 Å². The van der Waals surface area contributed by atoms with Crippen LogP contribution >= 0.6 is 15.9 Å². The zero-order valence-electron chi connectivity index (χ0n) is 14.4. The van der Waals surface area contributed by atoms with Crippen LogP contribution in [0.1, 0.15) is 18.0 Å². The van der Waals surface area contributed by atoms with Crippen molar-refractivity contribution >= 4 is 22.0 Å². The molecule has 1 aliphatic rings. The first-order valence-electron chi connectivity index (χ1n) is 8.16. The topological polar surface area (TPSA) is 48.0 Å². The monoisotopic (exact) mass is 409 g/mol. The van der Waals surface area contributed by atoms with E-state index < -0.39 is 0 Å². The first-order chi connectivity index (χ1) is 12.1. The van der Waals surface area contributed by atoms with Gasteiger partial charge in [0.15, 0.2) is 0 Å². The Bertz CT molecular complexity index is 607. The van der Waals surface area contributed by atoms with Crippen LogP contribution in [0.25, 0.3) is 0 Å². The van der Waals surface area contributed by atoms with Crippen molar-refractivity contribution < 1.29 is 19.0 Å². The van der Waals surface area contributed by atoms with E-state index in [4.69, 9.17) is 14.2 Å². The second kappa shape index (κ2) is 9.75. The Kier molecular flexibility index (Phi) is 7.68. The van der Waals surface area contributed by atoms with Crippen LogP contribution < -0.4 is 0 Å². The minimum atomic E-state index is -0.380. The molecule has 1 aliphatic heterocycles. The fourth-order valence-electron chi connectivity index (χ4n) is 3.02. The van der Waals surface area contributed by atoms with Crippen LogP contribution in [0.3, 0.4) is 0 Å². The zero-order chi connectivity index (χ0) is 18.2. The van der Waals surface area contributed by atoms with Gasteiger partial charge in [0.05, 0.1) is 39.0 Å². The Morgan fingerprint density at radius 1 is 1.24 bits per heavy atom. The van der Waals surface area contributed by atoms with E-state index in [1.54, 1.807) is 17.1 Å². The van der Waals surface area contributed by atoms with Crippen LogP contribution in [0, 0.1) is 0 Å². The average molecular weight is 410 g/mol. The standard InChI is InChI=1S/C19H24BrNO4/c1-4-10-24-17-12-16(14-8-6-7-9-15(14)20)21(19(22)23-3)13-18(17)25-11-5-2/h4-9,16-18H,1-2,10-13H2,3H3/t16-,17-,18+/m1/s1. The van der Waals surface area contributed by atoms with Gasteiger partial charge in [0, 0.05) is 10.9 Å². The number of piperidine rings is 1. The lowest BCUT2D eigenvalue weighted by Gasteiger charge is -2.43. The van der Waals surface area contributed by atoms with Gasteiger partial charge in [-0.1, -0.05) is 46.3 Å². The van der Waals surface area contributed by atoms with Crippen LogP contribution in [-0.2, 0) is 14.2 Å². The summed E-state index contributed by atoms with van der Waals surface area (Å²) in [6.45, 7) is 8.60. The molecule has 3 atom stereocenters. The van der Waals surface area contributed by atoms with Crippen LogP contribution in [0.4, 0.5) is 4.79 Å². The second-order valence-corrected chi connectivity index (χ2v) is 6.57. The number of hydrogen-bond donors (Lipinski definition) is 0. The van der Waals surface area contributed by atoms with E-state index in [1.165, 1.54) is 7.11 Å². The Balaban J connectivity index is 2.31. The lowest BCUT2D eigenvalue weighted by Crippen LogP contribution is -2.52. The molecule has 0 aliphatic carbocycles. The van der Waals surface area contributed by atoms with Gasteiger partial charge in [0.25, 0.3) is 0 Å². The van der Waals surface area contributed by atoms with E-state index in [0.29, 0.717) is 26.2 Å². The maximum atomic E-state index is 12.4. The molecule has 25 heavy (non-hydrogen) atoms. The molecule has 1 heterocycles. The third-order valence-corrected chi connectivity index (χ3v) is 4.87. The highest BCUT2D eigenvalue weighted by Gasteiger charge is 2.40. The third-order valence-electron chi connectivity index (χ3n) is 4.15. The molecule has 1 aromatic carbocycles. The number of likely N-dealkylation sites (tertiary alicyclic amines) is 1. The molecule has 0 spiro atoms. The molecule has 1 amide bonds. The molecule has 1 saturated heterocycles. The van der Waals surface area contributed by atoms with E-state index in [9.17, 15) is 4.79 Å². The maximum Gasteiger partial charge on any atom is 0.410 e. The summed E-state index contributed by atoms with van der Waals surface area (Å²) in [5.74, 6) is 0. The summed E-state index contributed by atoms with van der Waals surface area (Å²) in [5, 5.41) is 0. The number of benzene rings is 1. The van der Waals surface area contributed by atoms with E-state index >= 15 is 0 Å². The molecule has 0 radical (unpaired) electrons. The lowest BCUT2D eigenvalue weighted by atomic mass is 9.92. The van der Waals surface area contributed by atoms with Gasteiger partial charge in [0.1, 0.15) is 6.10 Å². The number of halogens is 1. The molecule has 0 bridgehead atoms. The highest BCUT2D eigenvalue weighted by atomic mass is 79.9. The number of hydrogen-bond acceptors (Lipinski definition) is 4. The first-order valence-corrected chi connectivity index (χ1v) is 8.95. The minimum absolute atomic E-state index is 0.157. The molecule has 5 nitrogen and oxygen atoms in total. The van der Waals surface area contributed by atoms with Crippen molar-refractivity contribution in [3.8, 4) is 0 Å². The summed E-state index contributed by atoms with van der Waals surface area (Å²) in [6.07, 6.45) is 3.21. The molecule has 0 saturated carbocycles. The van der Waals surface area contributed by atoms with Crippen LogP contribution in [0.15, 0.2) is 54.0 Å². The molecule has 6 heteroatoms. The van der Waals surface area contributed by atoms with Gasteiger partial charge in [-0.2, -0.15) is 0 Å². The number of carbonyl (C=O) groups excluding carboxylic acids is 1. The second-order valence-electron chi connectivity index (χ2n) is 5.72. The molecule has 2 rings (SSSR count). The zero-order valence-corrected chi connectivity index (χ0v) is 16.0. The molecule has 1 fully saturated rings. The molecular weight excluding hydrogens is 386 g/mol. The summed E-state index contributed by atoms with van der Waals surface area (Å²) < 4.78 is 17.7. The molecular formula is C19H24BrNO4. The third kappa shape index (κ3) is 4.93. The van der Waals surface area contributed by atoms with Crippen molar-refractivity contribution in [3.05, 3.63) is 59.6 Å². The van der Waals surface area contributed by atoms with Crippen LogP contribution in [-0.4, -0.2) is 50.1 Å². The summed E-state index contributed by atoms with van der Waals surface area (Å²) >= 11 is 3.58. The Morgan fingerprint density at radius 3 is 2.48 bits per heavy atom. The predicted octanol–water partition coefficient (Wildman–Crippen LogP) is 4.10. The van der Waals surface area contributed by atoms with Crippen LogP contribution in [0.5, 0.6) is 0 Å².